The van der Waals surface area contributed by atoms with E-state index in [1.807, 2.05) is 24.3 Å². The predicted octanol–water partition coefficient (Wildman–Crippen LogP) is 2.84. The highest BCUT2D eigenvalue weighted by Crippen LogP contribution is 2.36. The summed E-state index contributed by atoms with van der Waals surface area (Å²) in [5.41, 5.74) is 1.86. The van der Waals surface area contributed by atoms with Crippen molar-refractivity contribution in [1.82, 2.24) is 19.4 Å². The van der Waals surface area contributed by atoms with Crippen molar-refractivity contribution in [1.29, 1.82) is 5.26 Å². The van der Waals surface area contributed by atoms with Crippen LogP contribution in [0.15, 0.2) is 55.0 Å². The molecule has 6 rings (SSSR count). The Morgan fingerprint density at radius 2 is 1.92 bits per heavy atom. The number of pyridine rings is 3. The van der Waals surface area contributed by atoms with Crippen molar-refractivity contribution in [3.8, 4) is 34.7 Å². The maximum atomic E-state index is 10.1. The van der Waals surface area contributed by atoms with Gasteiger partial charge in [-0.1, -0.05) is 0 Å². The normalized spacial score (nSPS) is 16.3. The molecular weight excluding hydrogens is 460 g/mol. The molecule has 0 bridgehead atoms. The van der Waals surface area contributed by atoms with Crippen LogP contribution in [-0.2, 0) is 0 Å². The molecule has 36 heavy (non-hydrogen) atoms. The molecule has 10 nitrogen and oxygen atoms in total. The topological polar surface area (TPSA) is 118 Å². The lowest BCUT2D eigenvalue weighted by Gasteiger charge is -2.39. The Balaban J connectivity index is 1.18. The van der Waals surface area contributed by atoms with Crippen molar-refractivity contribution in [3.63, 3.8) is 0 Å². The van der Waals surface area contributed by atoms with Gasteiger partial charge in [-0.05, 0) is 31.0 Å². The maximum absolute atomic E-state index is 10.1. The van der Waals surface area contributed by atoms with Gasteiger partial charge in [0, 0.05) is 30.0 Å². The van der Waals surface area contributed by atoms with Crippen molar-refractivity contribution >= 4 is 11.5 Å². The Hall–Kier alpha value is -4.36. The van der Waals surface area contributed by atoms with Crippen LogP contribution in [0, 0.1) is 11.3 Å². The van der Waals surface area contributed by atoms with Gasteiger partial charge in [-0.3, -0.25) is 4.40 Å². The molecule has 10 heteroatoms. The third-order valence-corrected chi connectivity index (χ3v) is 6.47. The molecule has 0 spiro atoms. The molecule has 5 heterocycles. The van der Waals surface area contributed by atoms with Gasteiger partial charge in [-0.2, -0.15) is 5.26 Å². The molecule has 2 aliphatic rings. The second-order valence-corrected chi connectivity index (χ2v) is 9.12. The van der Waals surface area contributed by atoms with Crippen LogP contribution in [0.1, 0.15) is 18.5 Å². The van der Waals surface area contributed by atoms with Gasteiger partial charge in [0.15, 0.2) is 0 Å². The number of hydrogen-bond donors (Lipinski definition) is 1. The molecule has 1 aliphatic carbocycles. The van der Waals surface area contributed by atoms with Gasteiger partial charge in [0.2, 0.25) is 5.88 Å². The molecule has 0 unspecified atom stereocenters. The van der Waals surface area contributed by atoms with Crippen LogP contribution in [0.25, 0.3) is 16.9 Å². The number of hydrogen-bond acceptors (Lipinski definition) is 9. The van der Waals surface area contributed by atoms with Gasteiger partial charge < -0.3 is 24.2 Å². The van der Waals surface area contributed by atoms with Gasteiger partial charge in [0.25, 0.3) is 0 Å². The van der Waals surface area contributed by atoms with Crippen molar-refractivity contribution < 1.29 is 19.3 Å². The van der Waals surface area contributed by atoms with E-state index in [0.717, 1.165) is 43.0 Å². The number of nitrogens with zero attached hydrogens (tertiary/aromatic N) is 6. The van der Waals surface area contributed by atoms with Crippen LogP contribution >= 0.6 is 0 Å². The Morgan fingerprint density at radius 3 is 2.58 bits per heavy atom. The summed E-state index contributed by atoms with van der Waals surface area (Å²) in [5.74, 6) is 2.69. The highest BCUT2D eigenvalue weighted by molar-refractivity contribution is 5.68. The first-order valence-electron chi connectivity index (χ1n) is 11.7. The predicted molar refractivity (Wildman–Crippen MR) is 130 cm³/mol. The molecule has 182 valence electrons. The molecule has 4 aromatic heterocycles. The number of fused-ring (bicyclic) bond motifs is 1. The fourth-order valence-electron chi connectivity index (χ4n) is 4.14. The zero-order valence-electron chi connectivity index (χ0n) is 19.7. The van der Waals surface area contributed by atoms with Crippen molar-refractivity contribution in [3.05, 3.63) is 60.7 Å². The Kier molecular flexibility index (Phi) is 5.34. The average molecular weight is 485 g/mol. The smallest absolute Gasteiger partial charge is 0.213 e. The third-order valence-electron chi connectivity index (χ3n) is 6.47. The fourth-order valence-corrected chi connectivity index (χ4v) is 4.14. The maximum Gasteiger partial charge on any atom is 0.213 e. The van der Waals surface area contributed by atoms with E-state index < -0.39 is 5.60 Å². The molecule has 0 atom stereocenters. The summed E-state index contributed by atoms with van der Waals surface area (Å²) in [7, 11) is 1.58. The number of rotatable bonds is 8. The minimum absolute atomic E-state index is 0.0561. The van der Waals surface area contributed by atoms with Crippen molar-refractivity contribution in [2.24, 2.45) is 0 Å². The Bertz CT molecular complexity index is 1430. The minimum Gasteiger partial charge on any atom is -0.490 e. The lowest BCUT2D eigenvalue weighted by atomic mass is 10.1. The zero-order valence-corrected chi connectivity index (χ0v) is 19.7. The summed E-state index contributed by atoms with van der Waals surface area (Å²) < 4.78 is 18.7. The van der Waals surface area contributed by atoms with E-state index in [4.69, 9.17) is 14.2 Å². The van der Waals surface area contributed by atoms with Crippen LogP contribution in [-0.4, -0.2) is 63.0 Å². The standard InChI is InChI=1S/C26H24N6O4/c1-34-25-5-3-19(13-30-25)36-21-14-31(15-21)23-4-2-17(11-28-23)22-8-20(35-16-26(33)6-7-26)9-24-29-12-18(10-27)32(22)24/h2-5,8-9,11-13,21,33H,6-7,14-16H2,1H3. The first-order chi connectivity index (χ1) is 17.5. The first kappa shape index (κ1) is 22.1. The number of aliphatic hydroxyl groups is 1. The molecule has 0 radical (unpaired) electrons. The van der Waals surface area contributed by atoms with Crippen LogP contribution in [0.5, 0.6) is 17.4 Å². The van der Waals surface area contributed by atoms with E-state index in [9.17, 15) is 10.4 Å². The lowest BCUT2D eigenvalue weighted by Crippen LogP contribution is -2.54. The molecule has 0 aromatic carbocycles. The molecule has 1 saturated carbocycles. The lowest BCUT2D eigenvalue weighted by molar-refractivity contribution is 0.0857. The highest BCUT2D eigenvalue weighted by Gasteiger charge is 2.41. The Labute approximate surface area is 207 Å². The molecule has 1 N–H and O–H groups in total. The number of methoxy groups -OCH3 is 1. The zero-order chi connectivity index (χ0) is 24.7. The summed E-state index contributed by atoms with van der Waals surface area (Å²) in [4.78, 5) is 15.3. The number of nitriles is 1. The monoisotopic (exact) mass is 484 g/mol. The van der Waals surface area contributed by atoms with Gasteiger partial charge >= 0.3 is 0 Å². The summed E-state index contributed by atoms with van der Waals surface area (Å²) in [6.45, 7) is 1.67. The second kappa shape index (κ2) is 8.70. The van der Waals surface area contributed by atoms with E-state index in [-0.39, 0.29) is 12.7 Å². The molecule has 2 fully saturated rings. The van der Waals surface area contributed by atoms with E-state index in [0.29, 0.717) is 28.7 Å². The second-order valence-electron chi connectivity index (χ2n) is 9.12. The van der Waals surface area contributed by atoms with E-state index in [1.165, 1.54) is 6.20 Å². The molecule has 4 aromatic rings. The molecule has 0 amide bonds. The number of ether oxygens (including phenoxy) is 3. The quantitative estimate of drug-likeness (QED) is 0.403. The van der Waals surface area contributed by atoms with Gasteiger partial charge in [-0.15, -0.1) is 0 Å². The summed E-state index contributed by atoms with van der Waals surface area (Å²) >= 11 is 0. The van der Waals surface area contributed by atoms with E-state index in [2.05, 4.69) is 25.9 Å². The largest absolute Gasteiger partial charge is 0.490 e. The first-order valence-corrected chi connectivity index (χ1v) is 11.7. The highest BCUT2D eigenvalue weighted by atomic mass is 16.5. The minimum atomic E-state index is -0.731. The van der Waals surface area contributed by atoms with E-state index >= 15 is 0 Å². The number of imidazole rings is 1. The van der Waals surface area contributed by atoms with Gasteiger partial charge in [0.05, 0.1) is 43.9 Å². The van der Waals surface area contributed by atoms with Crippen LogP contribution < -0.4 is 19.1 Å². The number of anilines is 1. The van der Waals surface area contributed by atoms with Crippen molar-refractivity contribution in [2.75, 3.05) is 31.7 Å². The summed E-state index contributed by atoms with van der Waals surface area (Å²) in [5, 5.41) is 19.7. The van der Waals surface area contributed by atoms with Crippen LogP contribution in [0.4, 0.5) is 5.82 Å². The molecule has 1 aliphatic heterocycles. The van der Waals surface area contributed by atoms with Crippen LogP contribution in [0.2, 0.25) is 0 Å². The average Bonchev–Trinajstić information content (AvgIpc) is 3.48. The van der Waals surface area contributed by atoms with Crippen molar-refractivity contribution in [2.45, 2.75) is 24.5 Å². The summed E-state index contributed by atoms with van der Waals surface area (Å²) in [6.07, 6.45) is 6.52. The Morgan fingerprint density at radius 1 is 1.06 bits per heavy atom. The van der Waals surface area contributed by atoms with E-state index in [1.54, 1.807) is 36.0 Å². The number of aromatic nitrogens is 4. The fraction of sp³-hybridized carbons (Fsp3) is 0.308. The van der Waals surface area contributed by atoms with Gasteiger partial charge in [0.1, 0.15) is 47.4 Å². The third kappa shape index (κ3) is 4.25. The molecular formula is C26H24N6O4. The van der Waals surface area contributed by atoms with Gasteiger partial charge in [-0.25, -0.2) is 15.0 Å². The SMILES string of the molecule is COc1ccc(OC2CN(c3ccc(-c4cc(OCC5(O)CC5)cc5ncc(C#N)n45)cn3)C2)cn1. The molecule has 1 saturated heterocycles. The van der Waals surface area contributed by atoms with Crippen LogP contribution in [0.3, 0.4) is 0 Å². The summed E-state index contributed by atoms with van der Waals surface area (Å²) in [6, 6.07) is 13.4.